The number of pyridine rings is 1. The molecule has 4 nitrogen and oxygen atoms in total. The normalized spacial score (nSPS) is 13.4. The van der Waals surface area contributed by atoms with Crippen molar-refractivity contribution in [1.82, 2.24) is 4.98 Å². The molecule has 1 heterocycles. The molecule has 1 fully saturated rings. The van der Waals surface area contributed by atoms with Crippen molar-refractivity contribution in [3.63, 3.8) is 0 Å². The highest BCUT2D eigenvalue weighted by molar-refractivity contribution is 7.99. The van der Waals surface area contributed by atoms with Gasteiger partial charge < -0.3 is 15.0 Å². The van der Waals surface area contributed by atoms with E-state index < -0.39 is 0 Å². The Labute approximate surface area is 188 Å². The molecule has 0 atom stereocenters. The molecule has 4 rings (SSSR count). The van der Waals surface area contributed by atoms with Crippen molar-refractivity contribution in [3.05, 3.63) is 75.7 Å². The number of aromatic amines is 1. The maximum atomic E-state index is 12.9. The highest BCUT2D eigenvalue weighted by Crippen LogP contribution is 2.43. The lowest BCUT2D eigenvalue weighted by molar-refractivity contribution is 0.459. The summed E-state index contributed by atoms with van der Waals surface area (Å²) in [7, 11) is 1.94. The van der Waals surface area contributed by atoms with Crippen LogP contribution in [0.1, 0.15) is 55.3 Å². The lowest BCUT2D eigenvalue weighted by Gasteiger charge is -2.24. The van der Waals surface area contributed by atoms with Gasteiger partial charge in [-0.15, -0.1) is 0 Å². The van der Waals surface area contributed by atoms with Crippen molar-refractivity contribution in [2.75, 3.05) is 11.9 Å². The molecular weight excluding hydrogens is 404 g/mol. The first-order valence-corrected chi connectivity index (χ1v) is 11.9. The van der Waals surface area contributed by atoms with E-state index in [1.165, 1.54) is 35.7 Å². The summed E-state index contributed by atoms with van der Waals surface area (Å²) in [5.74, 6) is 0.748. The lowest BCUT2D eigenvalue weighted by atomic mass is 10.1. The Morgan fingerprint density at radius 3 is 2.39 bits per heavy atom. The lowest BCUT2D eigenvalue weighted by Crippen LogP contribution is -2.19. The van der Waals surface area contributed by atoms with Crippen molar-refractivity contribution in [1.29, 1.82) is 0 Å². The molecule has 0 aliphatic heterocycles. The topological polar surface area (TPSA) is 56.3 Å². The van der Waals surface area contributed by atoms with Crippen LogP contribution < -0.4 is 10.5 Å². The van der Waals surface area contributed by atoms with E-state index in [-0.39, 0.29) is 11.3 Å². The highest BCUT2D eigenvalue weighted by atomic mass is 32.2. The van der Waals surface area contributed by atoms with Crippen LogP contribution in [0.4, 0.5) is 11.4 Å². The molecule has 0 saturated heterocycles. The Morgan fingerprint density at radius 2 is 1.77 bits per heavy atom. The number of hydrogen-bond acceptors (Lipinski definition) is 4. The number of aromatic nitrogens is 1. The Balaban J connectivity index is 1.72. The molecule has 0 radical (unpaired) electrons. The van der Waals surface area contributed by atoms with Crippen LogP contribution in [-0.4, -0.2) is 17.1 Å². The van der Waals surface area contributed by atoms with Gasteiger partial charge in [0.15, 0.2) is 5.75 Å². The molecule has 1 aliphatic carbocycles. The standard InChI is InChI=1S/C26H30N2O2S/c1-4-5-6-22-23(28(3)20-13-7-17(2)8-14-20)24(29)25(26(30)27-22)31-21-15-11-19(12-16-21)18-9-10-18/h7-8,11-16,18H,4-6,9-10H2,1-3H3,(H2,27,29,30). The molecule has 2 aromatic carbocycles. The third-order valence-electron chi connectivity index (χ3n) is 5.88. The maximum Gasteiger partial charge on any atom is 0.266 e. The molecule has 162 valence electrons. The maximum absolute atomic E-state index is 12.9. The van der Waals surface area contributed by atoms with Crippen LogP contribution in [0.2, 0.25) is 0 Å². The average Bonchev–Trinajstić information content (AvgIpc) is 3.61. The SMILES string of the molecule is CCCCc1[nH]c(=O)c(Sc2ccc(C3CC3)cc2)c(O)c1N(C)c1ccc(C)cc1. The molecule has 1 aromatic heterocycles. The second kappa shape index (κ2) is 9.23. The Bertz CT molecular complexity index is 1100. The monoisotopic (exact) mass is 434 g/mol. The van der Waals surface area contributed by atoms with Gasteiger partial charge in [-0.2, -0.15) is 0 Å². The zero-order valence-electron chi connectivity index (χ0n) is 18.4. The number of aryl methyl sites for hydroxylation is 2. The smallest absolute Gasteiger partial charge is 0.266 e. The van der Waals surface area contributed by atoms with Gasteiger partial charge in [0.2, 0.25) is 0 Å². The summed E-state index contributed by atoms with van der Waals surface area (Å²) in [6.07, 6.45) is 5.20. The van der Waals surface area contributed by atoms with E-state index >= 15 is 0 Å². The van der Waals surface area contributed by atoms with E-state index in [2.05, 4.69) is 43.1 Å². The summed E-state index contributed by atoms with van der Waals surface area (Å²) in [6, 6.07) is 16.5. The summed E-state index contributed by atoms with van der Waals surface area (Å²) in [4.78, 5) is 19.2. The number of aromatic hydroxyl groups is 1. The van der Waals surface area contributed by atoms with E-state index in [1.54, 1.807) is 0 Å². The van der Waals surface area contributed by atoms with Crippen LogP contribution in [0.3, 0.4) is 0 Å². The van der Waals surface area contributed by atoms with Crippen molar-refractivity contribution in [2.45, 2.75) is 61.7 Å². The summed E-state index contributed by atoms with van der Waals surface area (Å²) in [5, 5.41) is 11.3. The fourth-order valence-corrected chi connectivity index (χ4v) is 4.69. The van der Waals surface area contributed by atoms with Gasteiger partial charge >= 0.3 is 0 Å². The summed E-state index contributed by atoms with van der Waals surface area (Å²) >= 11 is 1.32. The molecule has 1 aliphatic rings. The fraction of sp³-hybridized carbons (Fsp3) is 0.346. The number of hydrogen-bond donors (Lipinski definition) is 2. The van der Waals surface area contributed by atoms with Crippen LogP contribution in [0, 0.1) is 6.92 Å². The van der Waals surface area contributed by atoms with Gasteiger partial charge in [-0.3, -0.25) is 4.79 Å². The molecule has 2 N–H and O–H groups in total. The number of rotatable bonds is 8. The molecule has 3 aromatic rings. The second-order valence-electron chi connectivity index (χ2n) is 8.40. The molecule has 0 spiro atoms. The van der Waals surface area contributed by atoms with Crippen LogP contribution in [0.25, 0.3) is 0 Å². The fourth-order valence-electron chi connectivity index (χ4n) is 3.84. The van der Waals surface area contributed by atoms with Crippen LogP contribution in [0.15, 0.2) is 63.1 Å². The third-order valence-corrected chi connectivity index (χ3v) is 6.97. The van der Waals surface area contributed by atoms with E-state index in [0.29, 0.717) is 22.9 Å². The van der Waals surface area contributed by atoms with E-state index in [0.717, 1.165) is 29.1 Å². The predicted molar refractivity (Wildman–Crippen MR) is 129 cm³/mol. The first-order valence-electron chi connectivity index (χ1n) is 11.0. The molecule has 31 heavy (non-hydrogen) atoms. The Kier molecular flexibility index (Phi) is 6.42. The summed E-state index contributed by atoms with van der Waals surface area (Å²) in [6.45, 7) is 4.17. The number of benzene rings is 2. The molecule has 5 heteroatoms. The number of anilines is 2. The number of nitrogens with zero attached hydrogens (tertiary/aromatic N) is 1. The highest BCUT2D eigenvalue weighted by Gasteiger charge is 2.24. The molecular formula is C26H30N2O2S. The predicted octanol–water partition coefficient (Wildman–Crippen LogP) is 6.53. The first-order chi connectivity index (χ1) is 15.0. The van der Waals surface area contributed by atoms with Gasteiger partial charge in [0.1, 0.15) is 10.6 Å². The second-order valence-corrected chi connectivity index (χ2v) is 9.49. The largest absolute Gasteiger partial charge is 0.504 e. The van der Waals surface area contributed by atoms with E-state index in [4.69, 9.17) is 0 Å². The van der Waals surface area contributed by atoms with Crippen LogP contribution in [0.5, 0.6) is 5.75 Å². The minimum absolute atomic E-state index is 0.0502. The Morgan fingerprint density at radius 1 is 1.10 bits per heavy atom. The third kappa shape index (κ3) is 4.82. The van der Waals surface area contributed by atoms with E-state index in [9.17, 15) is 9.90 Å². The molecule has 0 unspecified atom stereocenters. The molecule has 0 bridgehead atoms. The zero-order chi connectivity index (χ0) is 22.0. The average molecular weight is 435 g/mol. The van der Waals surface area contributed by atoms with Gasteiger partial charge in [0, 0.05) is 23.3 Å². The molecule has 1 saturated carbocycles. The first kappa shape index (κ1) is 21.6. The summed E-state index contributed by atoms with van der Waals surface area (Å²) in [5.41, 5.74) is 4.73. The van der Waals surface area contributed by atoms with Crippen molar-refractivity contribution >= 4 is 23.1 Å². The van der Waals surface area contributed by atoms with Crippen molar-refractivity contribution < 1.29 is 5.11 Å². The minimum atomic E-state index is -0.235. The quantitative estimate of drug-likeness (QED) is 0.423. The summed E-state index contributed by atoms with van der Waals surface area (Å²) < 4.78 is 0. The molecule has 0 amide bonds. The van der Waals surface area contributed by atoms with Gasteiger partial charge in [0.25, 0.3) is 5.56 Å². The number of unbranched alkanes of at least 4 members (excludes halogenated alkanes) is 1. The minimum Gasteiger partial charge on any atom is -0.504 e. The van der Waals surface area contributed by atoms with Crippen molar-refractivity contribution in [2.24, 2.45) is 0 Å². The number of H-pyrrole nitrogens is 1. The van der Waals surface area contributed by atoms with E-state index in [1.807, 2.05) is 36.2 Å². The zero-order valence-corrected chi connectivity index (χ0v) is 19.3. The van der Waals surface area contributed by atoms with Crippen LogP contribution in [-0.2, 0) is 6.42 Å². The van der Waals surface area contributed by atoms with Crippen molar-refractivity contribution in [3.8, 4) is 5.75 Å². The number of nitrogens with one attached hydrogen (secondary N) is 1. The van der Waals surface area contributed by atoms with Gasteiger partial charge in [-0.25, -0.2) is 0 Å². The van der Waals surface area contributed by atoms with Gasteiger partial charge in [-0.1, -0.05) is 54.9 Å². The van der Waals surface area contributed by atoms with Gasteiger partial charge in [0.05, 0.1) is 0 Å². The Hall–Kier alpha value is -2.66. The van der Waals surface area contributed by atoms with Crippen LogP contribution >= 0.6 is 11.8 Å². The van der Waals surface area contributed by atoms with Gasteiger partial charge in [-0.05, 0) is 68.4 Å².